The molecule has 102 valence electrons. The number of carbonyl (C=O) groups is 1. The molecule has 0 aromatic heterocycles. The SMILES string of the molecule is NC(=S)c1ccccc1NC(=O)CC1CCCCC1. The molecule has 1 saturated carbocycles. The normalized spacial score (nSPS) is 16.0. The lowest BCUT2D eigenvalue weighted by Crippen LogP contribution is -2.20. The Morgan fingerprint density at radius 1 is 1.26 bits per heavy atom. The summed E-state index contributed by atoms with van der Waals surface area (Å²) in [5, 5.41) is 2.93. The molecular formula is C15H20N2OS. The van der Waals surface area contributed by atoms with Crippen LogP contribution < -0.4 is 11.1 Å². The van der Waals surface area contributed by atoms with E-state index in [1.54, 1.807) is 0 Å². The highest BCUT2D eigenvalue weighted by molar-refractivity contribution is 7.80. The number of benzene rings is 1. The highest BCUT2D eigenvalue weighted by atomic mass is 32.1. The van der Waals surface area contributed by atoms with Crippen molar-refractivity contribution in [2.45, 2.75) is 38.5 Å². The molecule has 19 heavy (non-hydrogen) atoms. The molecule has 1 aromatic carbocycles. The fourth-order valence-corrected chi connectivity index (χ4v) is 2.84. The van der Waals surface area contributed by atoms with E-state index in [4.69, 9.17) is 18.0 Å². The van der Waals surface area contributed by atoms with Crippen LogP contribution in [0, 0.1) is 5.92 Å². The van der Waals surface area contributed by atoms with Crippen LogP contribution in [0.25, 0.3) is 0 Å². The van der Waals surface area contributed by atoms with Gasteiger partial charge in [0.05, 0.1) is 5.69 Å². The molecule has 0 saturated heterocycles. The molecule has 0 aliphatic heterocycles. The molecule has 0 bridgehead atoms. The monoisotopic (exact) mass is 276 g/mol. The Hall–Kier alpha value is -1.42. The van der Waals surface area contributed by atoms with Crippen molar-refractivity contribution in [2.24, 2.45) is 11.7 Å². The molecule has 1 fully saturated rings. The van der Waals surface area contributed by atoms with Gasteiger partial charge in [-0.15, -0.1) is 0 Å². The fraction of sp³-hybridized carbons (Fsp3) is 0.467. The first kappa shape index (κ1) is 14.0. The van der Waals surface area contributed by atoms with Gasteiger partial charge in [-0.25, -0.2) is 0 Å². The molecule has 1 aliphatic carbocycles. The molecule has 0 heterocycles. The third-order valence-corrected chi connectivity index (χ3v) is 3.89. The second-order valence-electron chi connectivity index (χ2n) is 5.17. The van der Waals surface area contributed by atoms with E-state index in [1.807, 2.05) is 24.3 Å². The van der Waals surface area contributed by atoms with Crippen LogP contribution in [-0.2, 0) is 4.79 Å². The number of hydrogen-bond donors (Lipinski definition) is 2. The van der Waals surface area contributed by atoms with Crippen molar-refractivity contribution >= 4 is 28.8 Å². The number of para-hydroxylation sites is 1. The van der Waals surface area contributed by atoms with E-state index in [2.05, 4.69) is 5.32 Å². The van der Waals surface area contributed by atoms with Gasteiger partial charge >= 0.3 is 0 Å². The zero-order valence-corrected chi connectivity index (χ0v) is 11.8. The van der Waals surface area contributed by atoms with E-state index in [0.29, 0.717) is 17.3 Å². The fourth-order valence-electron chi connectivity index (χ4n) is 2.66. The second kappa shape index (κ2) is 6.66. The van der Waals surface area contributed by atoms with Crippen molar-refractivity contribution in [3.8, 4) is 0 Å². The molecule has 1 aliphatic rings. The van der Waals surface area contributed by atoms with Gasteiger partial charge in [0.25, 0.3) is 0 Å². The summed E-state index contributed by atoms with van der Waals surface area (Å²) in [7, 11) is 0. The molecule has 0 unspecified atom stereocenters. The van der Waals surface area contributed by atoms with E-state index in [-0.39, 0.29) is 5.91 Å². The number of nitrogens with one attached hydrogen (secondary N) is 1. The molecule has 1 aromatic rings. The minimum atomic E-state index is 0.0654. The summed E-state index contributed by atoms with van der Waals surface area (Å²) in [4.78, 5) is 12.4. The Balaban J connectivity index is 1.96. The lowest BCUT2D eigenvalue weighted by Gasteiger charge is -2.21. The Kier molecular flexibility index (Phi) is 4.91. The minimum absolute atomic E-state index is 0.0654. The number of anilines is 1. The number of rotatable bonds is 4. The topological polar surface area (TPSA) is 55.1 Å². The number of nitrogens with two attached hydrogens (primary N) is 1. The van der Waals surface area contributed by atoms with E-state index in [9.17, 15) is 4.79 Å². The number of amides is 1. The minimum Gasteiger partial charge on any atom is -0.389 e. The summed E-state index contributed by atoms with van der Waals surface area (Å²) in [5.41, 5.74) is 7.10. The van der Waals surface area contributed by atoms with Gasteiger partial charge in [0.2, 0.25) is 5.91 Å². The first-order valence-corrected chi connectivity index (χ1v) is 7.26. The molecule has 0 spiro atoms. The lowest BCUT2D eigenvalue weighted by atomic mass is 9.87. The van der Waals surface area contributed by atoms with E-state index in [0.717, 1.165) is 11.3 Å². The standard InChI is InChI=1S/C15H20N2OS/c16-15(19)12-8-4-5-9-13(12)17-14(18)10-11-6-2-1-3-7-11/h4-5,8-9,11H,1-3,6-7,10H2,(H2,16,19)(H,17,18). The predicted molar refractivity (Wildman–Crippen MR) is 82.2 cm³/mol. The van der Waals surface area contributed by atoms with Crippen LogP contribution in [0.4, 0.5) is 5.69 Å². The molecule has 1 amide bonds. The van der Waals surface area contributed by atoms with Gasteiger partial charge in [0.1, 0.15) is 4.99 Å². The zero-order valence-electron chi connectivity index (χ0n) is 11.0. The maximum atomic E-state index is 12.1. The van der Waals surface area contributed by atoms with Crippen LogP contribution in [0.15, 0.2) is 24.3 Å². The lowest BCUT2D eigenvalue weighted by molar-refractivity contribution is -0.117. The summed E-state index contributed by atoms with van der Waals surface area (Å²) in [6.45, 7) is 0. The Morgan fingerprint density at radius 2 is 1.95 bits per heavy atom. The maximum Gasteiger partial charge on any atom is 0.224 e. The average Bonchev–Trinajstić information content (AvgIpc) is 2.40. The summed E-state index contributed by atoms with van der Waals surface area (Å²) in [6, 6.07) is 7.41. The van der Waals surface area contributed by atoms with Gasteiger partial charge in [0, 0.05) is 12.0 Å². The first-order valence-electron chi connectivity index (χ1n) is 6.85. The Labute approximate surface area is 119 Å². The van der Waals surface area contributed by atoms with Crippen molar-refractivity contribution in [2.75, 3.05) is 5.32 Å². The molecule has 3 nitrogen and oxygen atoms in total. The van der Waals surface area contributed by atoms with Crippen molar-refractivity contribution in [1.82, 2.24) is 0 Å². The third kappa shape index (κ3) is 4.03. The number of carbonyl (C=O) groups excluding carboxylic acids is 1. The number of thiocarbonyl (C=S) groups is 1. The molecule has 0 atom stereocenters. The van der Waals surface area contributed by atoms with Gasteiger partial charge in [0.15, 0.2) is 0 Å². The predicted octanol–water partition coefficient (Wildman–Crippen LogP) is 3.23. The highest BCUT2D eigenvalue weighted by Gasteiger charge is 2.17. The van der Waals surface area contributed by atoms with E-state index in [1.165, 1.54) is 32.1 Å². The van der Waals surface area contributed by atoms with Crippen molar-refractivity contribution in [3.63, 3.8) is 0 Å². The van der Waals surface area contributed by atoms with Crippen LogP contribution in [0.1, 0.15) is 44.1 Å². The molecule has 4 heteroatoms. The summed E-state index contributed by atoms with van der Waals surface area (Å²) in [5.74, 6) is 0.598. The van der Waals surface area contributed by atoms with Crippen LogP contribution in [-0.4, -0.2) is 10.9 Å². The van der Waals surface area contributed by atoms with Gasteiger partial charge in [-0.1, -0.05) is 43.6 Å². The molecule has 3 N–H and O–H groups in total. The van der Waals surface area contributed by atoms with Crippen LogP contribution in [0.5, 0.6) is 0 Å². The van der Waals surface area contributed by atoms with Crippen molar-refractivity contribution in [3.05, 3.63) is 29.8 Å². The van der Waals surface area contributed by atoms with Gasteiger partial charge in [-0.2, -0.15) is 0 Å². The van der Waals surface area contributed by atoms with Crippen molar-refractivity contribution < 1.29 is 4.79 Å². The summed E-state index contributed by atoms with van der Waals surface area (Å²) in [6.07, 6.45) is 6.76. The zero-order chi connectivity index (χ0) is 13.7. The Bertz CT molecular complexity index is 467. The Morgan fingerprint density at radius 3 is 2.63 bits per heavy atom. The molecule has 0 radical (unpaired) electrons. The van der Waals surface area contributed by atoms with Crippen molar-refractivity contribution in [1.29, 1.82) is 0 Å². The third-order valence-electron chi connectivity index (χ3n) is 3.67. The van der Waals surface area contributed by atoms with Crippen LogP contribution >= 0.6 is 12.2 Å². The van der Waals surface area contributed by atoms with E-state index >= 15 is 0 Å². The summed E-state index contributed by atoms with van der Waals surface area (Å²) < 4.78 is 0. The molecular weight excluding hydrogens is 256 g/mol. The quantitative estimate of drug-likeness (QED) is 0.830. The summed E-state index contributed by atoms with van der Waals surface area (Å²) >= 11 is 4.99. The average molecular weight is 276 g/mol. The van der Waals surface area contributed by atoms with Crippen LogP contribution in [0.3, 0.4) is 0 Å². The van der Waals surface area contributed by atoms with Gasteiger partial charge < -0.3 is 11.1 Å². The second-order valence-corrected chi connectivity index (χ2v) is 5.61. The van der Waals surface area contributed by atoms with Gasteiger partial charge in [-0.3, -0.25) is 4.79 Å². The first-order chi connectivity index (χ1) is 9.16. The van der Waals surface area contributed by atoms with E-state index < -0.39 is 0 Å². The van der Waals surface area contributed by atoms with Gasteiger partial charge in [-0.05, 0) is 30.9 Å². The van der Waals surface area contributed by atoms with Crippen LogP contribution in [0.2, 0.25) is 0 Å². The maximum absolute atomic E-state index is 12.1. The highest BCUT2D eigenvalue weighted by Crippen LogP contribution is 2.26. The molecule has 2 rings (SSSR count). The smallest absolute Gasteiger partial charge is 0.224 e. The largest absolute Gasteiger partial charge is 0.389 e. The number of hydrogen-bond acceptors (Lipinski definition) is 2.